The van der Waals surface area contributed by atoms with Crippen molar-refractivity contribution < 1.29 is 4.79 Å². The standard InChI is InChI=1S/C18H24N4OS/c1-14-15(2)24-18(19-14)22(16-7-5-4-6-8-16)17(23)13-21-11-9-20(3)10-12-21/h4-8H,9-13H2,1-3H3. The fraction of sp³-hybridized carbons (Fsp3) is 0.444. The second-order valence-electron chi connectivity index (χ2n) is 6.28. The predicted molar refractivity (Wildman–Crippen MR) is 99.1 cm³/mol. The number of amides is 1. The van der Waals surface area contributed by atoms with E-state index in [-0.39, 0.29) is 5.91 Å². The highest BCUT2D eigenvalue weighted by Crippen LogP contribution is 2.31. The zero-order chi connectivity index (χ0) is 17.1. The van der Waals surface area contributed by atoms with E-state index in [0.29, 0.717) is 6.54 Å². The average Bonchev–Trinajstić information content (AvgIpc) is 2.89. The average molecular weight is 344 g/mol. The molecule has 5 nitrogen and oxygen atoms in total. The Labute approximate surface area is 147 Å². The van der Waals surface area contributed by atoms with Crippen LogP contribution in [0.3, 0.4) is 0 Å². The van der Waals surface area contributed by atoms with E-state index in [9.17, 15) is 4.79 Å². The van der Waals surface area contributed by atoms with Crippen LogP contribution in [0, 0.1) is 13.8 Å². The predicted octanol–water partition coefficient (Wildman–Crippen LogP) is 2.67. The Morgan fingerprint density at radius 1 is 1.17 bits per heavy atom. The summed E-state index contributed by atoms with van der Waals surface area (Å²) < 4.78 is 0. The number of likely N-dealkylation sites (N-methyl/N-ethyl adjacent to an activating group) is 1. The smallest absolute Gasteiger partial charge is 0.247 e. The van der Waals surface area contributed by atoms with Crippen molar-refractivity contribution in [3.05, 3.63) is 40.9 Å². The number of anilines is 2. The molecule has 1 aromatic heterocycles. The van der Waals surface area contributed by atoms with Gasteiger partial charge in [0.1, 0.15) is 0 Å². The van der Waals surface area contributed by atoms with Crippen molar-refractivity contribution in [3.8, 4) is 0 Å². The van der Waals surface area contributed by atoms with Crippen molar-refractivity contribution in [3.63, 3.8) is 0 Å². The van der Waals surface area contributed by atoms with Crippen LogP contribution in [-0.4, -0.2) is 60.5 Å². The van der Waals surface area contributed by atoms with Crippen LogP contribution in [0.2, 0.25) is 0 Å². The Balaban J connectivity index is 1.83. The molecule has 1 amide bonds. The first-order valence-electron chi connectivity index (χ1n) is 8.27. The monoisotopic (exact) mass is 344 g/mol. The van der Waals surface area contributed by atoms with Gasteiger partial charge in [-0.2, -0.15) is 0 Å². The summed E-state index contributed by atoms with van der Waals surface area (Å²) in [5.74, 6) is 0.0829. The van der Waals surface area contributed by atoms with Crippen LogP contribution in [0.1, 0.15) is 10.6 Å². The van der Waals surface area contributed by atoms with Crippen molar-refractivity contribution in [2.24, 2.45) is 0 Å². The Hall–Kier alpha value is -1.76. The van der Waals surface area contributed by atoms with Gasteiger partial charge in [-0.05, 0) is 33.0 Å². The van der Waals surface area contributed by atoms with Gasteiger partial charge >= 0.3 is 0 Å². The molecule has 0 saturated carbocycles. The van der Waals surface area contributed by atoms with Crippen molar-refractivity contribution in [2.45, 2.75) is 13.8 Å². The molecule has 1 aliphatic heterocycles. The molecule has 0 aliphatic carbocycles. The largest absolute Gasteiger partial charge is 0.304 e. The number of carbonyl (C=O) groups is 1. The molecule has 0 bridgehead atoms. The van der Waals surface area contributed by atoms with Crippen LogP contribution >= 0.6 is 11.3 Å². The summed E-state index contributed by atoms with van der Waals surface area (Å²) in [5, 5.41) is 0.760. The van der Waals surface area contributed by atoms with Crippen LogP contribution in [0.25, 0.3) is 0 Å². The number of benzene rings is 1. The van der Waals surface area contributed by atoms with Crippen LogP contribution < -0.4 is 4.90 Å². The minimum Gasteiger partial charge on any atom is -0.304 e. The summed E-state index contributed by atoms with van der Waals surface area (Å²) in [7, 11) is 2.12. The van der Waals surface area contributed by atoms with Gasteiger partial charge in [0, 0.05) is 31.1 Å². The second kappa shape index (κ2) is 7.42. The number of nitrogens with zero attached hydrogens (tertiary/aromatic N) is 4. The zero-order valence-electron chi connectivity index (χ0n) is 14.5. The molecular weight excluding hydrogens is 320 g/mol. The molecule has 0 atom stereocenters. The van der Waals surface area contributed by atoms with Gasteiger partial charge in [0.2, 0.25) is 5.91 Å². The minimum atomic E-state index is 0.0829. The topological polar surface area (TPSA) is 39.7 Å². The third kappa shape index (κ3) is 3.83. The van der Waals surface area contributed by atoms with Crippen molar-refractivity contribution in [1.29, 1.82) is 0 Å². The molecule has 0 spiro atoms. The SMILES string of the molecule is Cc1nc(N(C(=O)CN2CCN(C)CC2)c2ccccc2)sc1C. The van der Waals surface area contributed by atoms with Gasteiger partial charge in [-0.25, -0.2) is 4.98 Å². The van der Waals surface area contributed by atoms with Gasteiger partial charge in [-0.1, -0.05) is 18.2 Å². The van der Waals surface area contributed by atoms with Crippen LogP contribution in [-0.2, 0) is 4.79 Å². The van der Waals surface area contributed by atoms with Gasteiger partial charge in [0.25, 0.3) is 0 Å². The molecule has 1 aliphatic rings. The van der Waals surface area contributed by atoms with Crippen molar-refractivity contribution in [2.75, 3.05) is 44.7 Å². The van der Waals surface area contributed by atoms with Gasteiger partial charge in [-0.15, -0.1) is 11.3 Å². The lowest BCUT2D eigenvalue weighted by molar-refractivity contribution is -0.119. The fourth-order valence-corrected chi connectivity index (χ4v) is 3.71. The second-order valence-corrected chi connectivity index (χ2v) is 7.46. The van der Waals surface area contributed by atoms with E-state index in [1.807, 2.05) is 44.2 Å². The van der Waals surface area contributed by atoms with E-state index in [1.165, 1.54) is 0 Å². The molecule has 2 aromatic rings. The Morgan fingerprint density at radius 3 is 2.42 bits per heavy atom. The molecule has 0 radical (unpaired) electrons. The number of piperazine rings is 1. The molecule has 0 unspecified atom stereocenters. The molecule has 6 heteroatoms. The maximum absolute atomic E-state index is 13.1. The van der Waals surface area contributed by atoms with Crippen molar-refractivity contribution in [1.82, 2.24) is 14.8 Å². The Morgan fingerprint density at radius 2 is 1.83 bits per heavy atom. The number of aryl methyl sites for hydroxylation is 2. The number of rotatable bonds is 4. The van der Waals surface area contributed by atoms with E-state index in [1.54, 1.807) is 16.2 Å². The van der Waals surface area contributed by atoms with Gasteiger partial charge in [0.05, 0.1) is 17.9 Å². The molecule has 0 N–H and O–H groups in total. The Bertz CT molecular complexity index is 673. The number of hydrogen-bond acceptors (Lipinski definition) is 5. The highest BCUT2D eigenvalue weighted by molar-refractivity contribution is 7.16. The summed E-state index contributed by atoms with van der Waals surface area (Å²) in [6.45, 7) is 8.35. The first kappa shape index (κ1) is 17.1. The lowest BCUT2D eigenvalue weighted by atomic mass is 10.2. The highest BCUT2D eigenvalue weighted by Gasteiger charge is 2.25. The van der Waals surface area contributed by atoms with E-state index in [2.05, 4.69) is 21.8 Å². The number of hydrogen-bond donors (Lipinski definition) is 0. The minimum absolute atomic E-state index is 0.0829. The normalized spacial score (nSPS) is 16.3. The summed E-state index contributed by atoms with van der Waals surface area (Å²) in [5.41, 5.74) is 1.87. The number of thiazole rings is 1. The number of para-hydroxylation sites is 1. The zero-order valence-corrected chi connectivity index (χ0v) is 15.3. The number of carbonyl (C=O) groups excluding carboxylic acids is 1. The molecule has 128 valence electrons. The number of aromatic nitrogens is 1. The summed E-state index contributed by atoms with van der Waals surface area (Å²) >= 11 is 1.58. The summed E-state index contributed by atoms with van der Waals surface area (Å²) in [4.78, 5) is 25.1. The third-order valence-electron chi connectivity index (χ3n) is 4.43. The maximum atomic E-state index is 13.1. The third-order valence-corrected chi connectivity index (χ3v) is 5.49. The molecule has 1 saturated heterocycles. The molecular formula is C18H24N4OS. The van der Waals surface area contributed by atoms with Crippen LogP contribution in [0.4, 0.5) is 10.8 Å². The molecule has 24 heavy (non-hydrogen) atoms. The van der Waals surface area contributed by atoms with E-state index in [4.69, 9.17) is 0 Å². The van der Waals surface area contributed by atoms with Crippen LogP contribution in [0.15, 0.2) is 30.3 Å². The summed E-state index contributed by atoms with van der Waals surface area (Å²) in [6, 6.07) is 9.81. The van der Waals surface area contributed by atoms with Crippen LogP contribution in [0.5, 0.6) is 0 Å². The van der Waals surface area contributed by atoms with Gasteiger partial charge < -0.3 is 4.90 Å². The van der Waals surface area contributed by atoms with E-state index < -0.39 is 0 Å². The van der Waals surface area contributed by atoms with Gasteiger partial charge in [0.15, 0.2) is 5.13 Å². The van der Waals surface area contributed by atoms with E-state index in [0.717, 1.165) is 47.6 Å². The van der Waals surface area contributed by atoms with Gasteiger partial charge in [-0.3, -0.25) is 14.6 Å². The molecule has 1 fully saturated rings. The first-order valence-corrected chi connectivity index (χ1v) is 9.09. The first-order chi connectivity index (χ1) is 11.5. The lowest BCUT2D eigenvalue weighted by Gasteiger charge is -2.33. The maximum Gasteiger partial charge on any atom is 0.247 e. The molecule has 1 aromatic carbocycles. The Kier molecular flexibility index (Phi) is 5.28. The fourth-order valence-electron chi connectivity index (χ4n) is 2.76. The quantitative estimate of drug-likeness (QED) is 0.855. The highest BCUT2D eigenvalue weighted by atomic mass is 32.1. The molecule has 3 rings (SSSR count). The molecule has 2 heterocycles. The van der Waals surface area contributed by atoms with Crippen molar-refractivity contribution >= 4 is 28.1 Å². The lowest BCUT2D eigenvalue weighted by Crippen LogP contribution is -2.48. The summed E-state index contributed by atoms with van der Waals surface area (Å²) in [6.07, 6.45) is 0. The van der Waals surface area contributed by atoms with E-state index >= 15 is 0 Å².